The first-order valence-corrected chi connectivity index (χ1v) is 13.0. The third-order valence-corrected chi connectivity index (χ3v) is 7.46. The lowest BCUT2D eigenvalue weighted by Gasteiger charge is -2.21. The molecule has 0 N–H and O–H groups in total. The third kappa shape index (κ3) is 5.05. The Morgan fingerprint density at radius 3 is 2.48 bits per heavy atom. The van der Waals surface area contributed by atoms with Crippen LogP contribution in [0.15, 0.2) is 81.4 Å². The second-order valence-electron chi connectivity index (χ2n) is 8.60. The van der Waals surface area contributed by atoms with Crippen LogP contribution < -0.4 is 14.8 Å². The van der Waals surface area contributed by atoms with Crippen LogP contribution in [-0.2, 0) is 26.7 Å². The van der Waals surface area contributed by atoms with Crippen molar-refractivity contribution in [3.05, 3.63) is 83.4 Å². The Bertz CT molecular complexity index is 1990. The van der Waals surface area contributed by atoms with Gasteiger partial charge in [-0.05, 0) is 30.3 Å². The lowest BCUT2D eigenvalue weighted by atomic mass is 10.1. The molecule has 0 bridgehead atoms. The van der Waals surface area contributed by atoms with E-state index in [4.69, 9.17) is 4.74 Å². The molecule has 0 radical (unpaired) electrons. The summed E-state index contributed by atoms with van der Waals surface area (Å²) in [6.45, 7) is 0. The van der Waals surface area contributed by atoms with Crippen LogP contribution in [0.2, 0.25) is 0 Å². The highest BCUT2D eigenvalue weighted by molar-refractivity contribution is 7.92. The second kappa shape index (κ2) is 10.3. The van der Waals surface area contributed by atoms with Crippen molar-refractivity contribution in [1.29, 1.82) is 0 Å². The predicted octanol–water partition coefficient (Wildman–Crippen LogP) is 3.74. The Morgan fingerprint density at radius 2 is 1.86 bits per heavy atom. The maximum absolute atomic E-state index is 15.3. The molecule has 0 amide bonds. The highest BCUT2D eigenvalue weighted by Gasteiger charge is 2.45. The number of anilines is 1. The summed E-state index contributed by atoms with van der Waals surface area (Å²) in [6.07, 6.45) is -1.65. The average Bonchev–Trinajstić information content (AvgIpc) is 3.62. The molecule has 17 heteroatoms. The summed E-state index contributed by atoms with van der Waals surface area (Å²) in [7, 11) is -2.06. The lowest BCUT2D eigenvalue weighted by molar-refractivity contribution is -0.199. The van der Waals surface area contributed by atoms with Gasteiger partial charge in [0.05, 0.1) is 29.4 Å². The molecule has 0 saturated heterocycles. The van der Waals surface area contributed by atoms with Crippen LogP contribution in [0.1, 0.15) is 0 Å². The number of sulfonamides is 1. The minimum absolute atomic E-state index is 0.0165. The number of alkyl halides is 3. The first kappa shape index (κ1) is 28.3. The fraction of sp³-hybridized carbons (Fsp3) is 0.120. The monoisotopic (exact) mass is 607 g/mol. The fourth-order valence-corrected chi connectivity index (χ4v) is 5.25. The minimum Gasteiger partial charge on any atom is -0.495 e. The standard InChI is InChI=1S/C25H17F4N5O7S/c1-32-13-15(12-30-32)17-10-21(39-2)20(11-18(17)26)33-19-5-4-16(9-14(19)3-6-23(33)35)42(37,38)34(22-7-8-40-31-22)41-24(36)25(27,28)29/h3-13H,1-2H3. The molecule has 0 aliphatic heterocycles. The molecule has 218 valence electrons. The fourth-order valence-electron chi connectivity index (χ4n) is 4.04. The molecule has 0 aliphatic rings. The van der Waals surface area contributed by atoms with E-state index in [1.54, 1.807) is 13.2 Å². The zero-order chi connectivity index (χ0) is 30.4. The number of carbonyl (C=O) groups excluding carboxylic acids is 1. The maximum atomic E-state index is 15.3. The van der Waals surface area contributed by atoms with E-state index in [-0.39, 0.29) is 32.4 Å². The number of aryl methyl sites for hydroxylation is 1. The number of hydrogen-bond donors (Lipinski definition) is 0. The molecule has 3 aromatic heterocycles. The molecule has 0 fully saturated rings. The van der Waals surface area contributed by atoms with E-state index in [0.717, 1.165) is 41.2 Å². The first-order valence-electron chi connectivity index (χ1n) is 11.6. The van der Waals surface area contributed by atoms with Crippen molar-refractivity contribution in [1.82, 2.24) is 19.5 Å². The molecule has 42 heavy (non-hydrogen) atoms. The van der Waals surface area contributed by atoms with E-state index in [1.165, 1.54) is 36.2 Å². The van der Waals surface area contributed by atoms with Gasteiger partial charge in [0.15, 0.2) is 0 Å². The summed E-state index contributed by atoms with van der Waals surface area (Å²) in [5.41, 5.74) is 0.0357. The number of methoxy groups -OCH3 is 1. The minimum atomic E-state index is -5.53. The van der Waals surface area contributed by atoms with Crippen LogP contribution in [0.25, 0.3) is 27.7 Å². The Morgan fingerprint density at radius 1 is 1.10 bits per heavy atom. The summed E-state index contributed by atoms with van der Waals surface area (Å²) in [5, 5.41) is 7.37. The first-order chi connectivity index (χ1) is 19.8. The van der Waals surface area contributed by atoms with E-state index >= 15 is 4.39 Å². The number of aromatic nitrogens is 4. The molecule has 0 saturated carbocycles. The van der Waals surface area contributed by atoms with Crippen LogP contribution in [-0.4, -0.2) is 47.2 Å². The van der Waals surface area contributed by atoms with Crippen molar-refractivity contribution < 1.29 is 44.9 Å². The highest BCUT2D eigenvalue weighted by atomic mass is 32.2. The summed E-state index contributed by atoms with van der Waals surface area (Å²) in [6, 6.07) is 8.76. The highest BCUT2D eigenvalue weighted by Crippen LogP contribution is 2.34. The number of fused-ring (bicyclic) bond motifs is 1. The van der Waals surface area contributed by atoms with Gasteiger partial charge < -0.3 is 14.1 Å². The number of halogens is 4. The van der Waals surface area contributed by atoms with Crippen LogP contribution in [0.4, 0.5) is 23.4 Å². The van der Waals surface area contributed by atoms with Gasteiger partial charge >= 0.3 is 12.1 Å². The van der Waals surface area contributed by atoms with Gasteiger partial charge in [-0.15, -0.1) is 0 Å². The maximum Gasteiger partial charge on any atom is 0.493 e. The number of nitrogens with zero attached hydrogens (tertiary/aromatic N) is 5. The summed E-state index contributed by atoms with van der Waals surface area (Å²) in [4.78, 5) is 28.0. The largest absolute Gasteiger partial charge is 0.495 e. The summed E-state index contributed by atoms with van der Waals surface area (Å²) >= 11 is 0. The van der Waals surface area contributed by atoms with Gasteiger partial charge in [0.25, 0.3) is 15.6 Å². The van der Waals surface area contributed by atoms with Gasteiger partial charge in [-0.3, -0.25) is 14.0 Å². The molecule has 3 heterocycles. The van der Waals surface area contributed by atoms with Crippen LogP contribution in [0, 0.1) is 5.82 Å². The van der Waals surface area contributed by atoms with Crippen molar-refractivity contribution in [2.75, 3.05) is 11.6 Å². The van der Waals surface area contributed by atoms with Crippen LogP contribution in [0.5, 0.6) is 5.75 Å². The topological polar surface area (TPSA) is 139 Å². The molecule has 2 aromatic carbocycles. The van der Waals surface area contributed by atoms with Crippen molar-refractivity contribution in [3.63, 3.8) is 0 Å². The van der Waals surface area contributed by atoms with Crippen molar-refractivity contribution >= 4 is 32.7 Å². The molecule has 0 aliphatic carbocycles. The molecule has 5 aromatic rings. The molecule has 5 rings (SSSR count). The van der Waals surface area contributed by atoms with E-state index in [1.807, 2.05) is 0 Å². The Balaban J connectivity index is 1.63. The lowest BCUT2D eigenvalue weighted by Crippen LogP contribution is -2.39. The molecular weight excluding hydrogens is 590 g/mol. The number of hydrogen-bond acceptors (Lipinski definition) is 9. The van der Waals surface area contributed by atoms with Gasteiger partial charge in [0.2, 0.25) is 5.82 Å². The number of carbonyl (C=O) groups is 1. The van der Waals surface area contributed by atoms with Crippen molar-refractivity contribution in [3.8, 4) is 22.6 Å². The normalized spacial score (nSPS) is 12.0. The van der Waals surface area contributed by atoms with Crippen LogP contribution in [0.3, 0.4) is 0 Å². The molecule has 12 nitrogen and oxygen atoms in total. The molecule has 0 spiro atoms. The Labute approximate surface area is 232 Å². The quantitative estimate of drug-likeness (QED) is 0.200. The smallest absolute Gasteiger partial charge is 0.493 e. The van der Waals surface area contributed by atoms with Crippen LogP contribution >= 0.6 is 0 Å². The third-order valence-electron chi connectivity index (χ3n) is 5.92. The summed E-state index contributed by atoms with van der Waals surface area (Å²) < 4.78 is 92.8. The molecular formula is C25H17F4N5O7S. The number of ether oxygens (including phenoxy) is 1. The zero-order valence-corrected chi connectivity index (χ0v) is 22.2. The SMILES string of the molecule is COc1cc(-c2cnn(C)c2)c(F)cc1-n1c(=O)ccc2cc(S(=O)(=O)N(OC(=O)C(F)(F)F)c3ccon3)ccc21. The number of pyridine rings is 1. The van der Waals surface area contributed by atoms with E-state index < -0.39 is 44.3 Å². The van der Waals surface area contributed by atoms with Gasteiger partial charge in [0, 0.05) is 48.0 Å². The van der Waals surface area contributed by atoms with Gasteiger partial charge in [0.1, 0.15) is 17.8 Å². The average molecular weight is 607 g/mol. The van der Waals surface area contributed by atoms with E-state index in [0.29, 0.717) is 5.56 Å². The number of rotatable bonds is 7. The van der Waals surface area contributed by atoms with Gasteiger partial charge in [-0.2, -0.15) is 26.7 Å². The predicted molar refractivity (Wildman–Crippen MR) is 137 cm³/mol. The van der Waals surface area contributed by atoms with E-state index in [2.05, 4.69) is 19.6 Å². The van der Waals surface area contributed by atoms with Gasteiger partial charge in [-0.1, -0.05) is 9.63 Å². The van der Waals surface area contributed by atoms with E-state index in [9.17, 15) is 31.2 Å². The Hall–Kier alpha value is -5.19. The second-order valence-corrected chi connectivity index (χ2v) is 10.4. The summed E-state index contributed by atoms with van der Waals surface area (Å²) in [5.74, 6) is -4.21. The molecule has 0 atom stereocenters. The zero-order valence-electron chi connectivity index (χ0n) is 21.4. The van der Waals surface area contributed by atoms with Crippen molar-refractivity contribution in [2.45, 2.75) is 11.1 Å². The number of benzene rings is 2. The van der Waals surface area contributed by atoms with Crippen molar-refractivity contribution in [2.24, 2.45) is 7.05 Å². The molecule has 0 unspecified atom stereocenters. The van der Waals surface area contributed by atoms with Gasteiger partial charge in [-0.25, -0.2) is 9.18 Å². The Kier molecular flexibility index (Phi) is 6.97.